The van der Waals surface area contributed by atoms with Crippen LogP contribution in [0.1, 0.15) is 24.6 Å². The SMILES string of the molecule is Cc1nc(CN2CC(O)(C3CC3)C2)no1. The Labute approximate surface area is 88.1 Å². The molecule has 5 heteroatoms. The van der Waals surface area contributed by atoms with Crippen LogP contribution in [0.3, 0.4) is 0 Å². The Balaban J connectivity index is 1.55. The van der Waals surface area contributed by atoms with E-state index in [1.165, 1.54) is 12.8 Å². The van der Waals surface area contributed by atoms with E-state index < -0.39 is 5.60 Å². The van der Waals surface area contributed by atoms with Gasteiger partial charge in [0, 0.05) is 20.0 Å². The molecule has 2 aliphatic rings. The monoisotopic (exact) mass is 209 g/mol. The van der Waals surface area contributed by atoms with Crippen molar-refractivity contribution in [2.24, 2.45) is 5.92 Å². The molecule has 0 unspecified atom stereocenters. The number of hydrogen-bond donors (Lipinski definition) is 1. The minimum atomic E-state index is -0.418. The van der Waals surface area contributed by atoms with E-state index in [-0.39, 0.29) is 0 Å². The maximum atomic E-state index is 10.1. The molecule has 0 aromatic carbocycles. The first-order valence-electron chi connectivity index (χ1n) is 5.40. The molecule has 5 nitrogen and oxygen atoms in total. The number of aryl methyl sites for hydroxylation is 1. The predicted octanol–water partition coefficient (Wildman–Crippen LogP) is 0.335. The molecule has 2 heterocycles. The van der Waals surface area contributed by atoms with Crippen LogP contribution in [0.4, 0.5) is 0 Å². The van der Waals surface area contributed by atoms with Gasteiger partial charge in [-0.2, -0.15) is 4.98 Å². The van der Waals surface area contributed by atoms with Gasteiger partial charge in [-0.15, -0.1) is 0 Å². The summed E-state index contributed by atoms with van der Waals surface area (Å²) in [6.07, 6.45) is 2.37. The van der Waals surface area contributed by atoms with Gasteiger partial charge in [-0.3, -0.25) is 4.90 Å². The molecule has 1 aliphatic carbocycles. The van der Waals surface area contributed by atoms with Crippen molar-refractivity contribution >= 4 is 0 Å². The number of rotatable bonds is 3. The smallest absolute Gasteiger partial charge is 0.223 e. The van der Waals surface area contributed by atoms with E-state index in [1.54, 1.807) is 6.92 Å². The van der Waals surface area contributed by atoms with Gasteiger partial charge in [0.1, 0.15) is 0 Å². The quantitative estimate of drug-likeness (QED) is 0.777. The lowest BCUT2D eigenvalue weighted by atomic mass is 9.89. The lowest BCUT2D eigenvalue weighted by Gasteiger charge is -2.46. The molecule has 0 bridgehead atoms. The van der Waals surface area contributed by atoms with Gasteiger partial charge in [0.05, 0.1) is 12.1 Å². The standard InChI is InChI=1S/C10H15N3O2/c1-7-11-9(12-15-7)4-13-5-10(14,6-13)8-2-3-8/h8,14H,2-6H2,1H3. The van der Waals surface area contributed by atoms with Gasteiger partial charge >= 0.3 is 0 Å². The van der Waals surface area contributed by atoms with Gasteiger partial charge in [-0.1, -0.05) is 5.16 Å². The normalized spacial score (nSPS) is 25.2. The summed E-state index contributed by atoms with van der Waals surface area (Å²) in [5.74, 6) is 1.86. The summed E-state index contributed by atoms with van der Waals surface area (Å²) in [7, 11) is 0. The minimum Gasteiger partial charge on any atom is -0.387 e. The van der Waals surface area contributed by atoms with Gasteiger partial charge in [0.15, 0.2) is 5.82 Å². The molecule has 1 aromatic rings. The molecular weight excluding hydrogens is 194 g/mol. The zero-order chi connectivity index (χ0) is 10.5. The molecule has 1 N–H and O–H groups in total. The number of aliphatic hydroxyl groups is 1. The molecule has 82 valence electrons. The predicted molar refractivity (Wildman–Crippen MR) is 52.0 cm³/mol. The molecule has 0 radical (unpaired) electrons. The van der Waals surface area contributed by atoms with Crippen LogP contribution in [0, 0.1) is 12.8 Å². The van der Waals surface area contributed by atoms with E-state index >= 15 is 0 Å². The van der Waals surface area contributed by atoms with Crippen LogP contribution in [0.15, 0.2) is 4.52 Å². The summed E-state index contributed by atoms with van der Waals surface area (Å²) in [6.45, 7) is 3.98. The molecule has 1 aliphatic heterocycles. The third-order valence-corrected chi connectivity index (χ3v) is 3.27. The van der Waals surface area contributed by atoms with Gasteiger partial charge < -0.3 is 9.63 Å². The number of nitrogens with zero attached hydrogens (tertiary/aromatic N) is 3. The highest BCUT2D eigenvalue weighted by atomic mass is 16.5. The van der Waals surface area contributed by atoms with Crippen molar-refractivity contribution in [3.63, 3.8) is 0 Å². The molecule has 1 aromatic heterocycles. The van der Waals surface area contributed by atoms with Crippen molar-refractivity contribution in [3.8, 4) is 0 Å². The van der Waals surface area contributed by atoms with Gasteiger partial charge in [0.25, 0.3) is 0 Å². The van der Waals surface area contributed by atoms with E-state index in [0.29, 0.717) is 24.2 Å². The molecule has 0 spiro atoms. The van der Waals surface area contributed by atoms with Crippen LogP contribution in [-0.2, 0) is 6.54 Å². The second-order valence-electron chi connectivity index (χ2n) is 4.75. The van der Waals surface area contributed by atoms with Gasteiger partial charge in [0.2, 0.25) is 5.89 Å². The van der Waals surface area contributed by atoms with Crippen LogP contribution in [0.2, 0.25) is 0 Å². The highest BCUT2D eigenvalue weighted by Crippen LogP contribution is 2.44. The van der Waals surface area contributed by atoms with Crippen LogP contribution in [-0.4, -0.2) is 38.8 Å². The summed E-state index contributed by atoms with van der Waals surface area (Å²) >= 11 is 0. The first-order chi connectivity index (χ1) is 7.16. The Morgan fingerprint density at radius 1 is 1.53 bits per heavy atom. The average Bonchev–Trinajstić information content (AvgIpc) is 2.90. The van der Waals surface area contributed by atoms with E-state index in [2.05, 4.69) is 15.0 Å². The Bertz CT molecular complexity index is 366. The second-order valence-corrected chi connectivity index (χ2v) is 4.75. The summed E-state index contributed by atoms with van der Waals surface area (Å²) in [5.41, 5.74) is -0.418. The van der Waals surface area contributed by atoms with Crippen LogP contribution in [0.5, 0.6) is 0 Å². The second kappa shape index (κ2) is 3.02. The minimum absolute atomic E-state index is 0.418. The van der Waals surface area contributed by atoms with Crippen molar-refractivity contribution in [3.05, 3.63) is 11.7 Å². The van der Waals surface area contributed by atoms with Crippen molar-refractivity contribution < 1.29 is 9.63 Å². The fourth-order valence-corrected chi connectivity index (χ4v) is 2.32. The first-order valence-corrected chi connectivity index (χ1v) is 5.40. The highest BCUT2D eigenvalue weighted by molar-refractivity contribution is 5.06. The molecule has 0 amide bonds. The maximum Gasteiger partial charge on any atom is 0.223 e. The summed E-state index contributed by atoms with van der Waals surface area (Å²) in [4.78, 5) is 6.30. The fourth-order valence-electron chi connectivity index (χ4n) is 2.32. The van der Waals surface area contributed by atoms with Crippen molar-refractivity contribution in [1.29, 1.82) is 0 Å². The molecule has 2 fully saturated rings. The molecule has 15 heavy (non-hydrogen) atoms. The highest BCUT2D eigenvalue weighted by Gasteiger charge is 2.51. The van der Waals surface area contributed by atoms with E-state index in [4.69, 9.17) is 4.52 Å². The Kier molecular flexibility index (Phi) is 1.87. The molecule has 0 atom stereocenters. The largest absolute Gasteiger partial charge is 0.387 e. The van der Waals surface area contributed by atoms with E-state index in [0.717, 1.165) is 13.1 Å². The third-order valence-electron chi connectivity index (χ3n) is 3.27. The number of likely N-dealkylation sites (tertiary alicyclic amines) is 1. The molecule has 1 saturated carbocycles. The Hall–Kier alpha value is -0.940. The summed E-state index contributed by atoms with van der Waals surface area (Å²) < 4.78 is 4.90. The molecule has 3 rings (SSSR count). The Morgan fingerprint density at radius 3 is 2.80 bits per heavy atom. The van der Waals surface area contributed by atoms with Gasteiger partial charge in [-0.05, 0) is 18.8 Å². The van der Waals surface area contributed by atoms with Crippen molar-refractivity contribution in [2.75, 3.05) is 13.1 Å². The Morgan fingerprint density at radius 2 is 2.27 bits per heavy atom. The summed E-state index contributed by atoms with van der Waals surface area (Å²) in [6, 6.07) is 0. The van der Waals surface area contributed by atoms with Gasteiger partial charge in [-0.25, -0.2) is 0 Å². The number of β-amino-alcohol motifs (C(OH)–C–C–N with tert-alkyl or cyclic N) is 1. The average molecular weight is 209 g/mol. The summed E-state index contributed by atoms with van der Waals surface area (Å²) in [5, 5.41) is 13.9. The first kappa shape index (κ1) is 9.30. The number of aromatic nitrogens is 2. The lowest BCUT2D eigenvalue weighted by Crippen LogP contribution is -2.62. The van der Waals surface area contributed by atoms with Crippen LogP contribution < -0.4 is 0 Å². The maximum absolute atomic E-state index is 10.1. The van der Waals surface area contributed by atoms with E-state index in [1.807, 2.05) is 0 Å². The zero-order valence-electron chi connectivity index (χ0n) is 8.81. The van der Waals surface area contributed by atoms with Crippen molar-refractivity contribution in [2.45, 2.75) is 31.9 Å². The van der Waals surface area contributed by atoms with Crippen molar-refractivity contribution in [1.82, 2.24) is 15.0 Å². The van der Waals surface area contributed by atoms with Crippen LogP contribution >= 0.6 is 0 Å². The molecule has 1 saturated heterocycles. The number of hydrogen-bond acceptors (Lipinski definition) is 5. The lowest BCUT2D eigenvalue weighted by molar-refractivity contribution is -0.117. The van der Waals surface area contributed by atoms with Crippen LogP contribution in [0.25, 0.3) is 0 Å². The van der Waals surface area contributed by atoms with E-state index in [9.17, 15) is 5.11 Å². The zero-order valence-corrected chi connectivity index (χ0v) is 8.81. The third kappa shape index (κ3) is 1.66. The molecular formula is C10H15N3O2. The fraction of sp³-hybridized carbons (Fsp3) is 0.800. The topological polar surface area (TPSA) is 62.4 Å².